The van der Waals surface area contributed by atoms with Crippen LogP contribution in [0.15, 0.2) is 78.4 Å². The van der Waals surface area contributed by atoms with Crippen LogP contribution in [0.4, 0.5) is 0 Å². The van der Waals surface area contributed by atoms with E-state index in [1.54, 1.807) is 30.3 Å². The molecule has 0 amide bonds. The van der Waals surface area contributed by atoms with Crippen LogP contribution in [-0.2, 0) is 31.1 Å². The molecule has 3 aromatic carbocycles. The second kappa shape index (κ2) is 7.85. The van der Waals surface area contributed by atoms with E-state index in [9.17, 15) is 0 Å². The molecule has 5 rings (SSSR count). The minimum absolute atomic E-state index is 0. The van der Waals surface area contributed by atoms with E-state index in [0.29, 0.717) is 3.63 Å². The molecule has 3 aromatic rings. The van der Waals surface area contributed by atoms with Crippen molar-refractivity contribution in [1.82, 2.24) is 0 Å². The molecule has 2 aliphatic rings. The summed E-state index contributed by atoms with van der Waals surface area (Å²) in [6.07, 6.45) is 4.87. The normalized spacial score (nSPS) is 17.8. The van der Waals surface area contributed by atoms with Crippen LogP contribution in [0.2, 0.25) is 3.63 Å². The van der Waals surface area contributed by atoms with Gasteiger partial charge in [0.05, 0.1) is 0 Å². The van der Waals surface area contributed by atoms with Crippen molar-refractivity contribution in [2.75, 3.05) is 0 Å². The molecular formula is C23H17Cl2Zr. The van der Waals surface area contributed by atoms with Crippen LogP contribution in [0.1, 0.15) is 23.1 Å². The van der Waals surface area contributed by atoms with Gasteiger partial charge in [0.1, 0.15) is 0 Å². The van der Waals surface area contributed by atoms with Crippen LogP contribution in [0, 0.1) is 0 Å². The van der Waals surface area contributed by atoms with Crippen molar-refractivity contribution in [2.24, 2.45) is 0 Å². The molecule has 0 radical (unpaired) electrons. The zero-order valence-electron chi connectivity index (χ0n) is 14.2. The Balaban J connectivity index is 0.000000980. The van der Waals surface area contributed by atoms with E-state index in [1.807, 2.05) is 0 Å². The predicted molar refractivity (Wildman–Crippen MR) is 97.4 cm³/mol. The Kier molecular flexibility index (Phi) is 5.92. The van der Waals surface area contributed by atoms with Gasteiger partial charge < -0.3 is 24.8 Å². The molecule has 26 heavy (non-hydrogen) atoms. The Hall–Kier alpha value is -1.14. The molecule has 0 aliphatic heterocycles. The van der Waals surface area contributed by atoms with E-state index in [0.717, 1.165) is 0 Å². The third kappa shape index (κ3) is 3.05. The van der Waals surface area contributed by atoms with E-state index >= 15 is 0 Å². The number of rotatable bonds is 1. The maximum atomic E-state index is 2.48. The van der Waals surface area contributed by atoms with Gasteiger partial charge in [0.2, 0.25) is 0 Å². The molecule has 127 valence electrons. The molecule has 0 bridgehead atoms. The molecule has 0 saturated carbocycles. The Labute approximate surface area is 182 Å². The van der Waals surface area contributed by atoms with Crippen LogP contribution >= 0.6 is 0 Å². The Bertz CT molecular complexity index is 1020. The Morgan fingerprint density at radius 1 is 0.769 bits per heavy atom. The van der Waals surface area contributed by atoms with Gasteiger partial charge in [-0.15, -0.1) is 0 Å². The fourth-order valence-corrected chi connectivity index (χ4v) is 5.53. The number of hydrogen-bond acceptors (Lipinski definition) is 0. The number of halogens is 2. The van der Waals surface area contributed by atoms with Crippen LogP contribution in [0.5, 0.6) is 0 Å². The summed E-state index contributed by atoms with van der Waals surface area (Å²) in [5.41, 5.74) is 9.08. The van der Waals surface area contributed by atoms with Gasteiger partial charge in [-0.05, 0) is 0 Å². The average Bonchev–Trinajstić information content (AvgIpc) is 2.99. The summed E-state index contributed by atoms with van der Waals surface area (Å²) in [5.74, 6) is 0. The number of aryl methyl sites for hydroxylation is 1. The fraction of sp³-hybridized carbons (Fsp3) is 0.130. The van der Waals surface area contributed by atoms with Crippen LogP contribution in [-0.4, -0.2) is 0 Å². The number of fused-ring (bicyclic) bond motifs is 4. The Morgan fingerprint density at radius 2 is 1.50 bits per heavy atom. The molecule has 3 heteroatoms. The predicted octanol–water partition coefficient (Wildman–Crippen LogP) is -0.0199. The fourth-order valence-electron chi connectivity index (χ4n) is 4.18. The van der Waals surface area contributed by atoms with Gasteiger partial charge in [-0.2, -0.15) is 0 Å². The van der Waals surface area contributed by atoms with E-state index in [-0.39, 0.29) is 24.8 Å². The number of allylic oxidation sites excluding steroid dienone is 4. The first-order chi connectivity index (χ1) is 11.8. The summed E-state index contributed by atoms with van der Waals surface area (Å²) >= 11 is 1.60. The number of benzene rings is 3. The van der Waals surface area contributed by atoms with Gasteiger partial charge in [-0.25, -0.2) is 0 Å². The van der Waals surface area contributed by atoms with Crippen LogP contribution in [0.3, 0.4) is 0 Å². The first-order valence-electron chi connectivity index (χ1n) is 8.55. The van der Waals surface area contributed by atoms with E-state index in [4.69, 9.17) is 0 Å². The van der Waals surface area contributed by atoms with E-state index in [2.05, 4.69) is 72.8 Å². The zero-order chi connectivity index (χ0) is 16.1. The topological polar surface area (TPSA) is 0 Å². The van der Waals surface area contributed by atoms with E-state index < -0.39 is 0 Å². The molecule has 0 fully saturated rings. The molecule has 0 N–H and O–H groups in total. The standard InChI is InChI=1S/C23H17.2ClH.Zr/c1-2-6-16(7-3-1)20-14-19-13-12-18-11-10-17-8-4-5-9-21(17)23(18)22(19)15-20;;;/h1-11,14-15H,12-13H2;2*1H;/q;;;+2/p-2. The molecule has 1 atom stereocenters. The molecular weight excluding hydrogens is 438 g/mol. The third-order valence-corrected chi connectivity index (χ3v) is 6.98. The second-order valence-corrected chi connectivity index (χ2v) is 8.08. The summed E-state index contributed by atoms with van der Waals surface area (Å²) in [5, 5.41) is 2.77. The molecule has 0 heterocycles. The summed E-state index contributed by atoms with van der Waals surface area (Å²) in [6.45, 7) is 0. The van der Waals surface area contributed by atoms with Gasteiger partial charge in [-0.1, -0.05) is 0 Å². The summed E-state index contributed by atoms with van der Waals surface area (Å²) in [7, 11) is 0. The van der Waals surface area contributed by atoms with E-state index in [1.165, 1.54) is 51.5 Å². The van der Waals surface area contributed by atoms with Gasteiger partial charge >= 0.3 is 158 Å². The number of hydrogen-bond donors (Lipinski definition) is 0. The van der Waals surface area contributed by atoms with Crippen molar-refractivity contribution in [1.29, 1.82) is 0 Å². The first-order valence-corrected chi connectivity index (χ1v) is 9.97. The molecule has 1 unspecified atom stereocenters. The SMILES string of the molecule is [Cl-].[Cl-].[Zr+2][CH]1C(c2ccccc2)=CC2=C1CCc1ccc3ccccc3c12. The van der Waals surface area contributed by atoms with Crippen molar-refractivity contribution >= 4 is 21.9 Å². The zero-order valence-corrected chi connectivity index (χ0v) is 18.1. The van der Waals surface area contributed by atoms with Crippen molar-refractivity contribution in [3.8, 4) is 0 Å². The quantitative estimate of drug-likeness (QED) is 0.484. The van der Waals surface area contributed by atoms with Gasteiger partial charge in [-0.3, -0.25) is 0 Å². The summed E-state index contributed by atoms with van der Waals surface area (Å²) in [4.78, 5) is 0. The van der Waals surface area contributed by atoms with Crippen molar-refractivity contribution < 1.29 is 49.5 Å². The monoisotopic (exact) mass is 453 g/mol. The first kappa shape index (κ1) is 19.6. The molecule has 0 nitrogen and oxygen atoms in total. The van der Waals surface area contributed by atoms with Crippen molar-refractivity contribution in [2.45, 2.75) is 16.5 Å². The molecule has 0 saturated heterocycles. The van der Waals surface area contributed by atoms with Crippen LogP contribution < -0.4 is 24.8 Å². The summed E-state index contributed by atoms with van der Waals surface area (Å²) < 4.78 is 0.613. The maximum absolute atomic E-state index is 2.48. The summed E-state index contributed by atoms with van der Waals surface area (Å²) in [6, 6.07) is 24.4. The van der Waals surface area contributed by atoms with Gasteiger partial charge in [0, 0.05) is 0 Å². The van der Waals surface area contributed by atoms with Gasteiger partial charge in [0.25, 0.3) is 0 Å². The molecule has 2 aliphatic carbocycles. The average molecular weight is 456 g/mol. The minimum atomic E-state index is 0. The molecule has 0 spiro atoms. The third-order valence-electron chi connectivity index (χ3n) is 5.36. The Morgan fingerprint density at radius 3 is 2.31 bits per heavy atom. The van der Waals surface area contributed by atoms with Gasteiger partial charge in [0.15, 0.2) is 0 Å². The van der Waals surface area contributed by atoms with Crippen molar-refractivity contribution in [3.63, 3.8) is 0 Å². The van der Waals surface area contributed by atoms with Crippen LogP contribution in [0.25, 0.3) is 21.9 Å². The molecule has 0 aromatic heterocycles. The van der Waals surface area contributed by atoms with Crippen molar-refractivity contribution in [3.05, 3.63) is 95.1 Å². The second-order valence-electron chi connectivity index (χ2n) is 6.66.